The summed E-state index contributed by atoms with van der Waals surface area (Å²) in [7, 11) is 0. The van der Waals surface area contributed by atoms with Crippen molar-refractivity contribution in [2.75, 3.05) is 5.73 Å². The fourth-order valence-corrected chi connectivity index (χ4v) is 3.11. The zero-order valence-electron chi connectivity index (χ0n) is 11.4. The molecule has 0 bridgehead atoms. The summed E-state index contributed by atoms with van der Waals surface area (Å²) in [5.41, 5.74) is 13.0. The standard InChI is InChI=1S/C16H16N4/c1-9-5-7-10(8-6-9)13-11-3-2-4-12(11)18-16-14(13)15(17)19-20-16/h5-8H,2-4H2,1H3,(H3,17,18,19,20). The highest BCUT2D eigenvalue weighted by Gasteiger charge is 2.23. The van der Waals surface area contributed by atoms with E-state index in [0.717, 1.165) is 30.3 Å². The van der Waals surface area contributed by atoms with E-state index in [2.05, 4.69) is 46.4 Å². The molecule has 20 heavy (non-hydrogen) atoms. The third-order valence-electron chi connectivity index (χ3n) is 4.10. The first-order valence-electron chi connectivity index (χ1n) is 6.96. The van der Waals surface area contributed by atoms with Crippen LogP contribution in [-0.4, -0.2) is 15.2 Å². The number of nitrogens with two attached hydrogens (primary N) is 1. The Kier molecular flexibility index (Phi) is 2.33. The van der Waals surface area contributed by atoms with Crippen molar-refractivity contribution in [1.29, 1.82) is 0 Å². The summed E-state index contributed by atoms with van der Waals surface area (Å²) >= 11 is 0. The van der Waals surface area contributed by atoms with Crippen molar-refractivity contribution in [3.63, 3.8) is 0 Å². The molecule has 0 radical (unpaired) electrons. The highest BCUT2D eigenvalue weighted by atomic mass is 15.2. The second kappa shape index (κ2) is 4.07. The first kappa shape index (κ1) is 11.5. The van der Waals surface area contributed by atoms with Crippen LogP contribution >= 0.6 is 0 Å². The molecule has 0 atom stereocenters. The van der Waals surface area contributed by atoms with E-state index in [-0.39, 0.29) is 0 Å². The largest absolute Gasteiger partial charge is 0.383 e. The van der Waals surface area contributed by atoms with Crippen LogP contribution in [0.5, 0.6) is 0 Å². The maximum Gasteiger partial charge on any atom is 0.184 e. The first-order chi connectivity index (χ1) is 9.74. The number of aromatic nitrogens is 3. The average Bonchev–Trinajstić information content (AvgIpc) is 3.05. The first-order valence-corrected chi connectivity index (χ1v) is 6.96. The van der Waals surface area contributed by atoms with Crippen molar-refractivity contribution in [3.8, 4) is 11.1 Å². The van der Waals surface area contributed by atoms with Gasteiger partial charge in [-0.25, -0.2) is 4.98 Å². The number of aromatic amines is 1. The number of nitrogen functional groups attached to an aromatic ring is 1. The fraction of sp³-hybridized carbons (Fsp3) is 0.250. The highest BCUT2D eigenvalue weighted by molar-refractivity contribution is 6.01. The summed E-state index contributed by atoms with van der Waals surface area (Å²) in [6.45, 7) is 2.10. The Labute approximate surface area is 117 Å². The van der Waals surface area contributed by atoms with Crippen LogP contribution in [0.25, 0.3) is 22.2 Å². The van der Waals surface area contributed by atoms with Gasteiger partial charge in [-0.15, -0.1) is 0 Å². The molecule has 0 unspecified atom stereocenters. The van der Waals surface area contributed by atoms with Gasteiger partial charge in [0.05, 0.1) is 5.39 Å². The van der Waals surface area contributed by atoms with E-state index >= 15 is 0 Å². The molecule has 0 amide bonds. The van der Waals surface area contributed by atoms with E-state index in [0.29, 0.717) is 5.82 Å². The van der Waals surface area contributed by atoms with Crippen LogP contribution in [0.2, 0.25) is 0 Å². The van der Waals surface area contributed by atoms with E-state index in [1.165, 1.54) is 27.9 Å². The van der Waals surface area contributed by atoms with E-state index in [1.54, 1.807) is 0 Å². The predicted octanol–water partition coefficient (Wildman–Crippen LogP) is 3.00. The minimum Gasteiger partial charge on any atom is -0.383 e. The van der Waals surface area contributed by atoms with Gasteiger partial charge in [-0.3, -0.25) is 5.10 Å². The van der Waals surface area contributed by atoms with Gasteiger partial charge in [0, 0.05) is 11.3 Å². The number of benzene rings is 1. The zero-order valence-corrected chi connectivity index (χ0v) is 11.4. The molecule has 1 aliphatic carbocycles. The molecule has 0 fully saturated rings. The molecule has 1 aromatic carbocycles. The van der Waals surface area contributed by atoms with Gasteiger partial charge in [0.25, 0.3) is 0 Å². The van der Waals surface area contributed by atoms with Gasteiger partial charge in [0.2, 0.25) is 0 Å². The van der Waals surface area contributed by atoms with Crippen LogP contribution in [-0.2, 0) is 12.8 Å². The normalized spacial score (nSPS) is 13.8. The Balaban J connectivity index is 2.10. The van der Waals surface area contributed by atoms with Gasteiger partial charge in [-0.1, -0.05) is 29.8 Å². The number of nitrogens with one attached hydrogen (secondary N) is 1. The maximum absolute atomic E-state index is 6.08. The van der Waals surface area contributed by atoms with Crippen molar-refractivity contribution in [2.24, 2.45) is 0 Å². The maximum atomic E-state index is 6.08. The Morgan fingerprint density at radius 1 is 1.15 bits per heavy atom. The summed E-state index contributed by atoms with van der Waals surface area (Å²) in [6.07, 6.45) is 3.28. The SMILES string of the molecule is Cc1ccc(-c2c3c(nc4n[nH]c(N)c24)CCC3)cc1. The third-order valence-corrected chi connectivity index (χ3v) is 4.10. The summed E-state index contributed by atoms with van der Waals surface area (Å²) in [5, 5.41) is 8.07. The van der Waals surface area contributed by atoms with E-state index in [1.807, 2.05) is 0 Å². The number of rotatable bonds is 1. The molecule has 0 saturated heterocycles. The van der Waals surface area contributed by atoms with Gasteiger partial charge in [0.1, 0.15) is 5.82 Å². The smallest absolute Gasteiger partial charge is 0.184 e. The number of nitrogens with zero attached hydrogens (tertiary/aromatic N) is 2. The van der Waals surface area contributed by atoms with Crippen molar-refractivity contribution in [3.05, 3.63) is 41.1 Å². The number of H-pyrrole nitrogens is 1. The lowest BCUT2D eigenvalue weighted by Gasteiger charge is -2.10. The minimum atomic E-state index is 0.609. The fourth-order valence-electron chi connectivity index (χ4n) is 3.11. The second-order valence-electron chi connectivity index (χ2n) is 5.47. The van der Waals surface area contributed by atoms with E-state index in [4.69, 9.17) is 5.73 Å². The van der Waals surface area contributed by atoms with Crippen LogP contribution in [0.1, 0.15) is 23.2 Å². The van der Waals surface area contributed by atoms with Crippen LogP contribution in [0, 0.1) is 6.92 Å². The van der Waals surface area contributed by atoms with Crippen LogP contribution < -0.4 is 5.73 Å². The molecule has 100 valence electrons. The Bertz CT molecular complexity index is 799. The molecule has 0 spiro atoms. The quantitative estimate of drug-likeness (QED) is 0.710. The summed E-state index contributed by atoms with van der Waals surface area (Å²) in [6, 6.07) is 8.60. The molecular weight excluding hydrogens is 248 g/mol. The van der Waals surface area contributed by atoms with Crippen LogP contribution in [0.15, 0.2) is 24.3 Å². The second-order valence-corrected chi connectivity index (χ2v) is 5.47. The van der Waals surface area contributed by atoms with Crippen molar-refractivity contribution >= 4 is 16.9 Å². The topological polar surface area (TPSA) is 67.6 Å². The van der Waals surface area contributed by atoms with Gasteiger partial charge in [-0.2, -0.15) is 5.10 Å². The molecule has 0 saturated carbocycles. The van der Waals surface area contributed by atoms with E-state index < -0.39 is 0 Å². The molecule has 3 aromatic rings. The van der Waals surface area contributed by atoms with Crippen LogP contribution in [0.4, 0.5) is 5.82 Å². The molecular formula is C16H16N4. The molecule has 0 aliphatic heterocycles. The summed E-state index contributed by atoms with van der Waals surface area (Å²) in [4.78, 5) is 4.66. The zero-order chi connectivity index (χ0) is 13.7. The van der Waals surface area contributed by atoms with Crippen molar-refractivity contribution in [1.82, 2.24) is 15.2 Å². The lowest BCUT2D eigenvalue weighted by Crippen LogP contribution is -1.96. The number of hydrogen-bond acceptors (Lipinski definition) is 3. The average molecular weight is 264 g/mol. The molecule has 4 rings (SSSR count). The van der Waals surface area contributed by atoms with Gasteiger partial charge >= 0.3 is 0 Å². The molecule has 2 aromatic heterocycles. The summed E-state index contributed by atoms with van der Waals surface area (Å²) < 4.78 is 0. The van der Waals surface area contributed by atoms with E-state index in [9.17, 15) is 0 Å². The Hall–Kier alpha value is -2.36. The monoisotopic (exact) mass is 264 g/mol. The number of pyridine rings is 1. The highest BCUT2D eigenvalue weighted by Crippen LogP contribution is 2.38. The number of hydrogen-bond donors (Lipinski definition) is 2. The minimum absolute atomic E-state index is 0.609. The van der Waals surface area contributed by atoms with Crippen molar-refractivity contribution < 1.29 is 0 Å². The van der Waals surface area contributed by atoms with Crippen molar-refractivity contribution in [2.45, 2.75) is 26.2 Å². The lowest BCUT2D eigenvalue weighted by atomic mass is 9.96. The van der Waals surface area contributed by atoms with Crippen LogP contribution in [0.3, 0.4) is 0 Å². The summed E-state index contributed by atoms with van der Waals surface area (Å²) in [5.74, 6) is 0.609. The third kappa shape index (κ3) is 1.54. The van der Waals surface area contributed by atoms with Gasteiger partial charge in [-0.05, 0) is 37.3 Å². The molecule has 3 N–H and O–H groups in total. The molecule has 4 nitrogen and oxygen atoms in total. The molecule has 4 heteroatoms. The molecule has 2 heterocycles. The Morgan fingerprint density at radius 3 is 2.75 bits per heavy atom. The lowest BCUT2D eigenvalue weighted by molar-refractivity contribution is 0.900. The Morgan fingerprint density at radius 2 is 1.95 bits per heavy atom. The number of aryl methyl sites for hydroxylation is 2. The number of anilines is 1. The molecule has 1 aliphatic rings. The van der Waals surface area contributed by atoms with Gasteiger partial charge in [0.15, 0.2) is 5.65 Å². The van der Waals surface area contributed by atoms with Gasteiger partial charge < -0.3 is 5.73 Å². The number of fused-ring (bicyclic) bond motifs is 2. The predicted molar refractivity (Wildman–Crippen MR) is 80.5 cm³/mol.